The van der Waals surface area contributed by atoms with E-state index in [9.17, 15) is 4.79 Å². The van der Waals surface area contributed by atoms with Gasteiger partial charge >= 0.3 is 0 Å². The molecule has 0 saturated carbocycles. The van der Waals surface area contributed by atoms with Crippen LogP contribution >= 0.6 is 0 Å². The van der Waals surface area contributed by atoms with Crippen molar-refractivity contribution in [2.75, 3.05) is 13.7 Å². The van der Waals surface area contributed by atoms with Gasteiger partial charge in [-0.05, 0) is 49.7 Å². The molecule has 31 heavy (non-hydrogen) atoms. The van der Waals surface area contributed by atoms with Gasteiger partial charge in [0.1, 0.15) is 12.4 Å². The van der Waals surface area contributed by atoms with E-state index in [4.69, 9.17) is 14.2 Å². The highest BCUT2D eigenvalue weighted by molar-refractivity contribution is 5.95. The van der Waals surface area contributed by atoms with E-state index in [1.807, 2.05) is 50.2 Å². The summed E-state index contributed by atoms with van der Waals surface area (Å²) in [6.45, 7) is 4.84. The fraction of sp³-hybridized carbons (Fsp3) is 0.200. The summed E-state index contributed by atoms with van der Waals surface area (Å²) in [5.41, 5.74) is 6.01. The van der Waals surface area contributed by atoms with Crippen LogP contribution in [0.2, 0.25) is 0 Å². The topological polar surface area (TPSA) is 69.2 Å². The van der Waals surface area contributed by atoms with Gasteiger partial charge in [0.15, 0.2) is 11.5 Å². The number of para-hydroxylation sites is 1. The smallest absolute Gasteiger partial charge is 0.271 e. The molecule has 6 heteroatoms. The zero-order valence-corrected chi connectivity index (χ0v) is 17.9. The zero-order chi connectivity index (χ0) is 22.1. The molecule has 1 amide bonds. The molecule has 6 nitrogen and oxygen atoms in total. The zero-order valence-electron chi connectivity index (χ0n) is 17.9. The molecular formula is C25H26N2O4. The van der Waals surface area contributed by atoms with Crippen LogP contribution in [0.25, 0.3) is 0 Å². The summed E-state index contributed by atoms with van der Waals surface area (Å²) in [7, 11) is 1.56. The maximum atomic E-state index is 12.5. The van der Waals surface area contributed by atoms with Crippen molar-refractivity contribution < 1.29 is 19.0 Å². The number of rotatable bonds is 9. The van der Waals surface area contributed by atoms with E-state index in [-0.39, 0.29) is 5.91 Å². The monoisotopic (exact) mass is 418 g/mol. The van der Waals surface area contributed by atoms with Crippen molar-refractivity contribution in [1.29, 1.82) is 0 Å². The van der Waals surface area contributed by atoms with Gasteiger partial charge in [-0.25, -0.2) is 5.43 Å². The molecule has 3 aromatic rings. The Balaban J connectivity index is 1.65. The molecule has 0 fully saturated rings. The van der Waals surface area contributed by atoms with Gasteiger partial charge in [0.2, 0.25) is 0 Å². The van der Waals surface area contributed by atoms with Crippen molar-refractivity contribution in [3.63, 3.8) is 0 Å². The fourth-order valence-electron chi connectivity index (χ4n) is 2.88. The summed E-state index contributed by atoms with van der Waals surface area (Å²) >= 11 is 0. The van der Waals surface area contributed by atoms with E-state index in [1.165, 1.54) is 5.56 Å². The number of benzene rings is 3. The molecule has 0 spiro atoms. The molecular weight excluding hydrogens is 392 g/mol. The summed E-state index contributed by atoms with van der Waals surface area (Å²) in [5, 5.41) is 4.09. The second-order valence-corrected chi connectivity index (χ2v) is 6.81. The van der Waals surface area contributed by atoms with Gasteiger partial charge in [-0.2, -0.15) is 5.10 Å². The highest BCUT2D eigenvalue weighted by atomic mass is 16.5. The summed E-state index contributed by atoms with van der Waals surface area (Å²) in [5.74, 6) is 1.42. The summed E-state index contributed by atoms with van der Waals surface area (Å²) < 4.78 is 16.7. The molecule has 0 radical (unpaired) electrons. The molecule has 0 heterocycles. The number of nitrogens with one attached hydrogen (secondary N) is 1. The van der Waals surface area contributed by atoms with Crippen LogP contribution in [0.3, 0.4) is 0 Å². The summed E-state index contributed by atoms with van der Waals surface area (Å²) in [6, 6.07) is 20.7. The number of methoxy groups -OCH3 is 1. The van der Waals surface area contributed by atoms with E-state index >= 15 is 0 Å². The summed E-state index contributed by atoms with van der Waals surface area (Å²) in [4.78, 5) is 12.5. The predicted octanol–water partition coefficient (Wildman–Crippen LogP) is 4.75. The molecule has 0 bridgehead atoms. The number of aryl methyl sites for hydroxylation is 1. The molecule has 1 N–H and O–H groups in total. The predicted molar refractivity (Wildman–Crippen MR) is 121 cm³/mol. The molecule has 3 aromatic carbocycles. The first kappa shape index (κ1) is 21.9. The third-order valence-corrected chi connectivity index (χ3v) is 4.53. The Hall–Kier alpha value is -3.80. The van der Waals surface area contributed by atoms with Crippen LogP contribution in [-0.4, -0.2) is 25.8 Å². The van der Waals surface area contributed by atoms with Crippen LogP contribution in [0.5, 0.6) is 17.2 Å². The van der Waals surface area contributed by atoms with Gasteiger partial charge in [-0.1, -0.05) is 42.0 Å². The second-order valence-electron chi connectivity index (χ2n) is 6.81. The number of hydrogen-bond acceptors (Lipinski definition) is 5. The van der Waals surface area contributed by atoms with Gasteiger partial charge in [-0.15, -0.1) is 0 Å². The van der Waals surface area contributed by atoms with Gasteiger partial charge in [0.05, 0.1) is 19.9 Å². The van der Waals surface area contributed by atoms with Crippen LogP contribution in [0, 0.1) is 6.92 Å². The average Bonchev–Trinajstić information content (AvgIpc) is 2.79. The van der Waals surface area contributed by atoms with Gasteiger partial charge in [0.25, 0.3) is 5.91 Å². The molecule has 0 saturated heterocycles. The second kappa shape index (κ2) is 10.8. The molecule has 160 valence electrons. The van der Waals surface area contributed by atoms with Gasteiger partial charge in [-0.3, -0.25) is 4.79 Å². The molecule has 0 unspecified atom stereocenters. The van der Waals surface area contributed by atoms with Gasteiger partial charge in [0, 0.05) is 11.1 Å². The van der Waals surface area contributed by atoms with Crippen molar-refractivity contribution in [3.05, 3.63) is 89.0 Å². The Morgan fingerprint density at radius 2 is 1.74 bits per heavy atom. The standard InChI is InChI=1S/C25H26N2O4/c1-4-30-24-15-20(13-14-23(24)29-3)25(28)27-26-16-21-7-5-6-8-22(21)31-17-19-11-9-18(2)10-12-19/h5-16H,4,17H2,1-3H3,(H,27,28)/b26-16+. The Morgan fingerprint density at radius 1 is 0.968 bits per heavy atom. The van der Waals surface area contributed by atoms with Crippen molar-refractivity contribution in [2.45, 2.75) is 20.5 Å². The maximum Gasteiger partial charge on any atom is 0.271 e. The van der Waals surface area contributed by atoms with Crippen molar-refractivity contribution in [1.82, 2.24) is 5.43 Å². The van der Waals surface area contributed by atoms with Crippen molar-refractivity contribution in [2.24, 2.45) is 5.10 Å². The van der Waals surface area contributed by atoms with E-state index in [0.717, 1.165) is 11.1 Å². The van der Waals surface area contributed by atoms with E-state index in [1.54, 1.807) is 31.5 Å². The lowest BCUT2D eigenvalue weighted by atomic mass is 10.1. The third-order valence-electron chi connectivity index (χ3n) is 4.53. The number of nitrogens with zero attached hydrogens (tertiary/aromatic N) is 1. The first-order valence-electron chi connectivity index (χ1n) is 10.0. The minimum Gasteiger partial charge on any atom is -0.493 e. The maximum absolute atomic E-state index is 12.5. The number of carbonyl (C=O) groups excluding carboxylic acids is 1. The van der Waals surface area contributed by atoms with Crippen LogP contribution in [0.1, 0.15) is 34.0 Å². The molecule has 0 aromatic heterocycles. The third kappa shape index (κ3) is 6.09. The molecule has 0 atom stereocenters. The highest BCUT2D eigenvalue weighted by Crippen LogP contribution is 2.28. The molecule has 0 aliphatic heterocycles. The van der Waals surface area contributed by atoms with Crippen LogP contribution in [0.4, 0.5) is 0 Å². The SMILES string of the molecule is CCOc1cc(C(=O)N/N=C/c2ccccc2OCc2ccc(C)cc2)ccc1OC. The Kier molecular flexibility index (Phi) is 7.65. The highest BCUT2D eigenvalue weighted by Gasteiger charge is 2.10. The normalized spacial score (nSPS) is 10.7. The Bertz CT molecular complexity index is 1050. The largest absolute Gasteiger partial charge is 0.493 e. The van der Waals surface area contributed by atoms with Crippen molar-refractivity contribution >= 4 is 12.1 Å². The summed E-state index contributed by atoms with van der Waals surface area (Å²) in [6.07, 6.45) is 1.56. The van der Waals surface area contributed by atoms with Crippen LogP contribution < -0.4 is 19.6 Å². The number of carbonyl (C=O) groups is 1. The quantitative estimate of drug-likeness (QED) is 0.402. The fourth-order valence-corrected chi connectivity index (χ4v) is 2.88. The Morgan fingerprint density at radius 3 is 2.48 bits per heavy atom. The van der Waals surface area contributed by atoms with Crippen molar-refractivity contribution in [3.8, 4) is 17.2 Å². The van der Waals surface area contributed by atoms with E-state index < -0.39 is 0 Å². The average molecular weight is 418 g/mol. The lowest BCUT2D eigenvalue weighted by Crippen LogP contribution is -2.17. The van der Waals surface area contributed by atoms with Crippen LogP contribution in [0.15, 0.2) is 71.8 Å². The lowest BCUT2D eigenvalue weighted by molar-refractivity contribution is 0.0954. The number of ether oxygens (including phenoxy) is 3. The molecule has 0 aliphatic carbocycles. The minimum atomic E-state index is -0.349. The van der Waals surface area contributed by atoms with Crippen LogP contribution in [-0.2, 0) is 6.61 Å². The Labute approximate surface area is 182 Å². The first-order valence-corrected chi connectivity index (χ1v) is 10.0. The first-order chi connectivity index (χ1) is 15.1. The number of hydrazone groups is 1. The number of hydrogen-bond donors (Lipinski definition) is 1. The molecule has 0 aliphatic rings. The molecule has 3 rings (SSSR count). The number of amides is 1. The lowest BCUT2D eigenvalue weighted by Gasteiger charge is -2.10. The van der Waals surface area contributed by atoms with E-state index in [2.05, 4.69) is 22.7 Å². The van der Waals surface area contributed by atoms with Gasteiger partial charge < -0.3 is 14.2 Å². The minimum absolute atomic E-state index is 0.349. The van der Waals surface area contributed by atoms with E-state index in [0.29, 0.717) is 36.0 Å².